The van der Waals surface area contributed by atoms with Gasteiger partial charge in [0.05, 0.1) is 18.3 Å². The first kappa shape index (κ1) is 27.0. The number of halogens is 1. The van der Waals surface area contributed by atoms with Crippen LogP contribution in [0.2, 0.25) is 0 Å². The van der Waals surface area contributed by atoms with Gasteiger partial charge in [0.2, 0.25) is 5.95 Å². The summed E-state index contributed by atoms with van der Waals surface area (Å²) in [5.74, 6) is 0.0999. The van der Waals surface area contributed by atoms with Gasteiger partial charge in [0.25, 0.3) is 5.56 Å². The largest absolute Gasteiger partial charge is 0.697 e. The maximum absolute atomic E-state index is 12.0. The molecule has 0 aliphatic carbocycles. The number of aromatic amines is 1. The smallest absolute Gasteiger partial charge is 0.395 e. The molecule has 1 saturated heterocycles. The molecule has 0 spiro atoms. The third kappa shape index (κ3) is 5.60. The molecule has 3 heterocycles. The van der Waals surface area contributed by atoms with Gasteiger partial charge in [-0.1, -0.05) is 11.8 Å². The molecule has 1 aliphatic rings. The van der Waals surface area contributed by atoms with E-state index in [1.807, 2.05) is 0 Å². The van der Waals surface area contributed by atoms with Crippen LogP contribution < -0.4 is 11.3 Å². The number of nitrogens with one attached hydrogen (secondary N) is 1. The van der Waals surface area contributed by atoms with E-state index in [1.54, 1.807) is 13.8 Å². The number of fused-ring (bicyclic) bond motifs is 1. The van der Waals surface area contributed by atoms with Gasteiger partial charge in [0.1, 0.15) is 30.3 Å². The Morgan fingerprint density at radius 2 is 2.21 bits per heavy atom. The maximum Gasteiger partial charge on any atom is 0.697 e. The van der Waals surface area contributed by atoms with Gasteiger partial charge in [0, 0.05) is 10.3 Å². The number of nitrogens with zero attached hydrogens (tertiary/aromatic N) is 3. The summed E-state index contributed by atoms with van der Waals surface area (Å²) >= 11 is 7.52. The minimum absolute atomic E-state index is 0.0228. The molecule has 188 valence electrons. The van der Waals surface area contributed by atoms with Crippen LogP contribution in [0.3, 0.4) is 0 Å². The summed E-state index contributed by atoms with van der Waals surface area (Å²) in [6.07, 6.45) is -1.91. The monoisotopic (exact) mass is 538 g/mol. The number of nitrogens with two attached hydrogens (primary N) is 1. The highest BCUT2D eigenvalue weighted by atomic mass is 35.5. The molecule has 5 unspecified atom stereocenters. The van der Waals surface area contributed by atoms with Crippen LogP contribution >= 0.6 is 31.6 Å². The van der Waals surface area contributed by atoms with Crippen LogP contribution in [0.4, 0.5) is 5.95 Å². The number of imidazole rings is 1. The minimum atomic E-state index is -2.56. The van der Waals surface area contributed by atoms with Crippen molar-refractivity contribution in [1.82, 2.24) is 19.5 Å². The number of rotatable bonds is 10. The Bertz CT molecular complexity index is 1130. The number of nitrogen functional groups attached to an aromatic ring is 1. The number of anilines is 1. The Morgan fingerprint density at radius 1 is 1.50 bits per heavy atom. The minimum Gasteiger partial charge on any atom is -0.395 e. The van der Waals surface area contributed by atoms with E-state index >= 15 is 0 Å². The summed E-state index contributed by atoms with van der Waals surface area (Å²) in [6, 6.07) is 0. The van der Waals surface area contributed by atoms with Crippen molar-refractivity contribution < 1.29 is 33.4 Å². The first-order chi connectivity index (χ1) is 15.9. The lowest BCUT2D eigenvalue weighted by Gasteiger charge is -2.26. The number of carbonyl (C=O) groups is 1. The van der Waals surface area contributed by atoms with Gasteiger partial charge in [-0.3, -0.25) is 19.1 Å². The molecule has 2 aromatic rings. The van der Waals surface area contributed by atoms with Crippen LogP contribution in [-0.2, 0) is 23.1 Å². The van der Waals surface area contributed by atoms with Crippen molar-refractivity contribution in [3.05, 3.63) is 16.7 Å². The second-order valence-electron chi connectivity index (χ2n) is 8.43. The van der Waals surface area contributed by atoms with Gasteiger partial charge in [0.15, 0.2) is 22.5 Å². The van der Waals surface area contributed by atoms with E-state index in [4.69, 9.17) is 31.1 Å². The number of aliphatic hydroxyl groups is 2. The summed E-state index contributed by atoms with van der Waals surface area (Å²) in [7, 11) is -2.56. The zero-order valence-electron chi connectivity index (χ0n) is 18.6. The van der Waals surface area contributed by atoms with Crippen LogP contribution in [0.1, 0.15) is 27.0 Å². The molecule has 0 aromatic carbocycles. The van der Waals surface area contributed by atoms with E-state index < -0.39 is 42.5 Å². The lowest BCUT2D eigenvalue weighted by Crippen LogP contribution is -2.39. The molecule has 0 amide bonds. The van der Waals surface area contributed by atoms with Crippen LogP contribution in [0, 0.1) is 5.41 Å². The molecule has 13 nitrogen and oxygen atoms in total. The molecular formula is C18H26ClN5O8PS+. The van der Waals surface area contributed by atoms with Gasteiger partial charge in [-0.25, -0.2) is 4.98 Å². The number of thioether (sulfide) groups is 1. The van der Waals surface area contributed by atoms with Gasteiger partial charge < -0.3 is 20.7 Å². The number of alkyl halides is 1. The number of carbonyl (C=O) groups excluding carboxylic acids is 1. The molecule has 3 rings (SSSR count). The molecule has 5 N–H and O–H groups in total. The lowest BCUT2D eigenvalue weighted by atomic mass is 9.97. The standard InChI is InChI=1S/C18H25ClN5O8PS/c1-17(2,7-25)15(28)34-5-4-30-33(29)31-6-9-11(26)18(3,19)14(32-9)24-8-21-10-12(24)22-16(20)23-13(10)27/h8-9,11,14,25-26H,4-7H2,1-3H3,(H2-,20,22,23,27)/p+1. The van der Waals surface area contributed by atoms with E-state index in [9.17, 15) is 24.4 Å². The summed E-state index contributed by atoms with van der Waals surface area (Å²) < 4.78 is 29.5. The van der Waals surface area contributed by atoms with Gasteiger partial charge in [-0.15, -0.1) is 20.6 Å². The highest BCUT2D eigenvalue weighted by Crippen LogP contribution is 2.44. The van der Waals surface area contributed by atoms with E-state index in [-0.39, 0.29) is 47.8 Å². The predicted molar refractivity (Wildman–Crippen MR) is 125 cm³/mol. The molecule has 0 bridgehead atoms. The van der Waals surface area contributed by atoms with Gasteiger partial charge in [-0.05, 0) is 20.8 Å². The zero-order chi connectivity index (χ0) is 25.3. The highest BCUT2D eigenvalue weighted by molar-refractivity contribution is 8.13. The Kier molecular flexibility index (Phi) is 8.36. The first-order valence-corrected chi connectivity index (χ1v) is 12.6. The lowest BCUT2D eigenvalue weighted by molar-refractivity contribution is -0.119. The third-order valence-corrected chi connectivity index (χ3v) is 7.57. The van der Waals surface area contributed by atoms with Crippen molar-refractivity contribution in [2.24, 2.45) is 5.41 Å². The quantitative estimate of drug-likeness (QED) is 0.190. The van der Waals surface area contributed by atoms with E-state index in [1.165, 1.54) is 17.8 Å². The fraction of sp³-hybridized carbons (Fsp3) is 0.667. The van der Waals surface area contributed by atoms with Crippen LogP contribution in [-0.4, -0.2) is 77.5 Å². The van der Waals surface area contributed by atoms with Gasteiger partial charge >= 0.3 is 8.25 Å². The zero-order valence-corrected chi connectivity index (χ0v) is 21.1. The Morgan fingerprint density at radius 3 is 2.88 bits per heavy atom. The normalized spacial score (nSPS) is 25.7. The average molecular weight is 539 g/mol. The molecule has 1 aliphatic heterocycles. The molecule has 2 aromatic heterocycles. The van der Waals surface area contributed by atoms with Crippen molar-refractivity contribution in [2.75, 3.05) is 31.3 Å². The van der Waals surface area contributed by atoms with Crippen LogP contribution in [0.5, 0.6) is 0 Å². The molecule has 0 saturated carbocycles. The van der Waals surface area contributed by atoms with Crippen molar-refractivity contribution in [2.45, 2.75) is 44.1 Å². The molecule has 16 heteroatoms. The number of hydrogen-bond acceptors (Lipinski definition) is 12. The van der Waals surface area contributed by atoms with E-state index in [0.717, 1.165) is 11.8 Å². The summed E-state index contributed by atoms with van der Waals surface area (Å²) in [5.41, 5.74) is 4.35. The second kappa shape index (κ2) is 10.5. The maximum atomic E-state index is 12.0. The van der Waals surface area contributed by atoms with E-state index in [0.29, 0.717) is 0 Å². The number of ether oxygens (including phenoxy) is 1. The number of aromatic nitrogens is 4. The number of H-pyrrole nitrogens is 1. The average Bonchev–Trinajstić information content (AvgIpc) is 3.28. The SMILES string of the molecule is CC(C)(CO)C(=O)SCCO[P+](=O)OCC1OC(n2cnc3c(=O)[nH]c(N)nc32)C(C)(Cl)C1O. The van der Waals surface area contributed by atoms with Gasteiger partial charge in [-0.2, -0.15) is 4.98 Å². The topological polar surface area (TPSA) is 192 Å². The molecule has 5 atom stereocenters. The molecule has 34 heavy (non-hydrogen) atoms. The summed E-state index contributed by atoms with van der Waals surface area (Å²) in [6.45, 7) is 4.16. The fourth-order valence-electron chi connectivity index (χ4n) is 3.14. The Labute approximate surface area is 204 Å². The van der Waals surface area contributed by atoms with Crippen molar-refractivity contribution in [3.63, 3.8) is 0 Å². The molecule has 0 radical (unpaired) electrons. The van der Waals surface area contributed by atoms with E-state index in [2.05, 4.69) is 15.0 Å². The number of aliphatic hydroxyl groups excluding tert-OH is 2. The van der Waals surface area contributed by atoms with Crippen LogP contribution in [0.15, 0.2) is 11.1 Å². The molecule has 1 fully saturated rings. The number of hydrogen-bond donors (Lipinski definition) is 4. The summed E-state index contributed by atoms with van der Waals surface area (Å²) in [4.78, 5) is 33.0. The van der Waals surface area contributed by atoms with Crippen LogP contribution in [0.25, 0.3) is 11.2 Å². The second-order valence-corrected chi connectivity index (χ2v) is 11.3. The first-order valence-electron chi connectivity index (χ1n) is 10.1. The third-order valence-electron chi connectivity index (χ3n) is 5.23. The Balaban J connectivity index is 1.57. The van der Waals surface area contributed by atoms with Crippen molar-refractivity contribution in [3.8, 4) is 0 Å². The summed E-state index contributed by atoms with van der Waals surface area (Å²) in [5, 5.41) is 19.7. The predicted octanol–water partition coefficient (Wildman–Crippen LogP) is 0.926. The Hall–Kier alpha value is -1.64. The highest BCUT2D eigenvalue weighted by Gasteiger charge is 2.54. The fourth-order valence-corrected chi connectivity index (χ4v) is 4.95. The molecular weight excluding hydrogens is 513 g/mol. The van der Waals surface area contributed by atoms with Crippen molar-refractivity contribution in [1.29, 1.82) is 0 Å². The van der Waals surface area contributed by atoms with Crippen molar-refractivity contribution >= 4 is 53.8 Å².